The van der Waals surface area contributed by atoms with Crippen molar-refractivity contribution in [1.82, 2.24) is 45.3 Å². The first-order valence-corrected chi connectivity index (χ1v) is 52.1. The molecule has 0 bridgehead atoms. The van der Waals surface area contributed by atoms with E-state index in [-0.39, 0.29) is 37.1 Å². The van der Waals surface area contributed by atoms with Gasteiger partial charge in [0.15, 0.2) is 0 Å². The molecule has 4 aromatic heterocycles. The molecule has 12 heterocycles. The molecule has 0 spiro atoms. The van der Waals surface area contributed by atoms with E-state index in [1.165, 1.54) is 216 Å². The van der Waals surface area contributed by atoms with Crippen molar-refractivity contribution < 1.29 is 14.2 Å². The summed E-state index contributed by atoms with van der Waals surface area (Å²) in [6.45, 7) is 82.4. The van der Waals surface area contributed by atoms with Crippen molar-refractivity contribution in [3.63, 3.8) is 0 Å². The minimum absolute atomic E-state index is 0. The lowest BCUT2D eigenvalue weighted by Gasteiger charge is -2.31. The van der Waals surface area contributed by atoms with Crippen molar-refractivity contribution in [3.05, 3.63) is 107 Å². The van der Waals surface area contributed by atoms with Crippen LogP contribution >= 0.6 is 11.3 Å². The summed E-state index contributed by atoms with van der Waals surface area (Å²) in [6.07, 6.45) is 40.8. The van der Waals surface area contributed by atoms with Crippen LogP contribution < -0.4 is 10.6 Å². The number of aromatic nitrogens is 4. The predicted molar refractivity (Wildman–Crippen MR) is 576 cm³/mol. The highest BCUT2D eigenvalue weighted by atomic mass is 32.1. The van der Waals surface area contributed by atoms with Gasteiger partial charge in [0.1, 0.15) is 0 Å². The zero-order chi connectivity index (χ0) is 92.0. The third kappa shape index (κ3) is 67.0. The number of nitrogens with one attached hydrogen (secondary N) is 2. The maximum absolute atomic E-state index is 5.34. The van der Waals surface area contributed by atoms with E-state index in [1.807, 2.05) is 72.8 Å². The third-order valence-electron chi connectivity index (χ3n) is 27.9. The Morgan fingerprint density at radius 2 is 0.703 bits per heavy atom. The summed E-state index contributed by atoms with van der Waals surface area (Å²) in [4.78, 5) is 23.5. The van der Waals surface area contributed by atoms with Crippen LogP contribution in [0.5, 0.6) is 0 Å². The minimum atomic E-state index is 0. The Bertz CT molecular complexity index is 2630. The fourth-order valence-corrected chi connectivity index (χ4v) is 17.8. The number of hydrogen-bond donors (Lipinski definition) is 2. The Hall–Kier alpha value is -3.24. The number of piperidine rings is 3. The van der Waals surface area contributed by atoms with Crippen molar-refractivity contribution in [3.8, 4) is 0 Å². The smallest absolute Gasteiger partial charge is 0.0950 e. The average molecular weight is 1820 g/mol. The summed E-state index contributed by atoms with van der Waals surface area (Å²) >= 11 is 1.72. The SMILES string of the molecule is C.C.C.C.C.CC(C)C1CCCC1.CC(C)C1CCCCC1.CC(C)C1CCCN(C)C1.CC(C)C1CCCOC1.CC(C)C1CCN(C)C1.CC(C)C1CCN(C)CC1.CC(C)C1CCNCC1.CC(C)C1CCOC1.CC(C)C1CCOCC1.CC(C)C1CNC1.CC(C)c1ccccn1.CC(C)c1cccnc1.CC(C)c1ccncc1.CC(C)c1nccs1. The molecule has 128 heavy (non-hydrogen) atoms. The molecule has 14 rings (SSSR count). The third-order valence-corrected chi connectivity index (χ3v) is 29.0. The highest BCUT2D eigenvalue weighted by Gasteiger charge is 2.26. The van der Waals surface area contributed by atoms with E-state index < -0.39 is 0 Å². The van der Waals surface area contributed by atoms with Crippen molar-refractivity contribution >= 4 is 11.3 Å². The first kappa shape index (κ1) is 133. The summed E-state index contributed by atoms with van der Waals surface area (Å²) in [5, 5.41) is 9.85. The van der Waals surface area contributed by atoms with Gasteiger partial charge in [0.05, 0.1) is 5.01 Å². The zero-order valence-corrected chi connectivity index (χ0v) is 87.7. The highest BCUT2D eigenvalue weighted by Crippen LogP contribution is 2.33. The zero-order valence-electron chi connectivity index (χ0n) is 86.9. The van der Waals surface area contributed by atoms with E-state index in [9.17, 15) is 0 Å². The largest absolute Gasteiger partial charge is 0.381 e. The maximum Gasteiger partial charge on any atom is 0.0950 e. The number of rotatable bonds is 14. The summed E-state index contributed by atoms with van der Waals surface area (Å²) in [6, 6.07) is 14.2. The number of nitrogens with zero attached hydrogens (tertiary/aromatic N) is 7. The molecule has 8 aliphatic heterocycles. The molecule has 4 atom stereocenters. The number of thiazole rings is 1. The summed E-state index contributed by atoms with van der Waals surface area (Å²) in [5.41, 5.74) is 3.82. The van der Waals surface area contributed by atoms with Gasteiger partial charge in [-0.05, 0) is 328 Å². The van der Waals surface area contributed by atoms with Crippen molar-refractivity contribution in [2.75, 3.05) is 126 Å². The summed E-state index contributed by atoms with van der Waals surface area (Å²) < 4.78 is 15.8. The molecule has 13 heteroatoms. The molecule has 8 saturated heterocycles. The van der Waals surface area contributed by atoms with E-state index in [0.717, 1.165) is 164 Å². The van der Waals surface area contributed by atoms with Gasteiger partial charge in [0, 0.05) is 107 Å². The van der Waals surface area contributed by atoms with E-state index >= 15 is 0 Å². The van der Waals surface area contributed by atoms with Gasteiger partial charge in [-0.25, -0.2) is 4.98 Å². The monoisotopic (exact) mass is 1810 g/mol. The van der Waals surface area contributed by atoms with Crippen LogP contribution in [-0.2, 0) is 14.2 Å². The van der Waals surface area contributed by atoms with Gasteiger partial charge in [-0.15, -0.1) is 11.3 Å². The second kappa shape index (κ2) is 82.1. The fraction of sp³-hybridized carbons (Fsp3) is 0.843. The van der Waals surface area contributed by atoms with Gasteiger partial charge in [-0.1, -0.05) is 301 Å². The molecular formula is C115H227N9O3S. The lowest BCUT2D eigenvalue weighted by atomic mass is 9.82. The standard InChI is InChI=1S/2C9H19N.C9H18.2C8H17N.3C8H11N.2C8H16O.C8H16.C7H14O.C6H9NS.C6H13N.5CH4/c1-8(2)9-4-6-10(3)7-5-9;1-8(2)9-5-4-6-10(3)7-9;1-8(2)9-6-4-3-5-7-9;1-7(2)8-4-5-9(3)6-8;2*1-7(2)8-3-5-9-6-4-8;1-7(2)8-4-3-5-9-6-8;1-7(2)8-5-3-4-6-9-8;1-7(2)8-3-5-9-6-4-8;1-7(2)8-4-3-5-9-6-8;1-7(2)8-5-3-4-6-8;1-6(2)7-3-4-8-5-7;1-5(2)6-7-3-4-8-6;1-5(2)6-3-7-4-6;;;;;/h2*8-9H,4-7H2,1-3H3;8-9H,3-7H2,1-2H3;7-8H,4-6H2,1-3H3;7-9H,3-6H2,1-2H3;3*3-7H,1-2H3;2*7-8H,3-6H2,1-2H3;7-8H,3-6H2,1-2H3;6-7H,3-5H2,1-2H3;3-5H,1-2H3;5-7H,3-4H2,1-2H3;5*1H4. The van der Waals surface area contributed by atoms with Crippen LogP contribution in [0, 0.1) is 118 Å². The van der Waals surface area contributed by atoms with Crippen LogP contribution in [0.1, 0.15) is 411 Å². The predicted octanol–water partition coefficient (Wildman–Crippen LogP) is 32.0. The minimum Gasteiger partial charge on any atom is -0.381 e. The van der Waals surface area contributed by atoms with Gasteiger partial charge < -0.3 is 39.5 Å². The molecule has 0 amide bonds. The molecule has 2 saturated carbocycles. The highest BCUT2D eigenvalue weighted by molar-refractivity contribution is 7.09. The van der Waals surface area contributed by atoms with Crippen molar-refractivity contribution in [2.24, 2.45) is 118 Å². The number of likely N-dealkylation sites (tertiary alicyclic amines) is 3. The topological polar surface area (TPSA) is 113 Å². The fourth-order valence-electron chi connectivity index (χ4n) is 17.1. The first-order valence-electron chi connectivity index (χ1n) is 51.3. The van der Waals surface area contributed by atoms with Crippen LogP contribution in [0.4, 0.5) is 0 Å². The second-order valence-electron chi connectivity index (χ2n) is 42.9. The van der Waals surface area contributed by atoms with Gasteiger partial charge in [-0.3, -0.25) is 15.0 Å². The molecule has 2 N–H and O–H groups in total. The molecule has 756 valence electrons. The van der Waals surface area contributed by atoms with Crippen LogP contribution in [0.15, 0.2) is 85.0 Å². The van der Waals surface area contributed by atoms with Crippen molar-refractivity contribution in [2.45, 2.75) is 390 Å². The molecular weight excluding hydrogens is 1590 g/mol. The quantitative estimate of drug-likeness (QED) is 0.125. The molecule has 0 radical (unpaired) electrons. The molecule has 2 aliphatic carbocycles. The lowest BCUT2D eigenvalue weighted by Crippen LogP contribution is -2.44. The van der Waals surface area contributed by atoms with Crippen LogP contribution in [0.2, 0.25) is 0 Å². The molecule has 10 fully saturated rings. The Kier molecular flexibility index (Phi) is 85.4. The van der Waals surface area contributed by atoms with Crippen LogP contribution in [0.25, 0.3) is 0 Å². The lowest BCUT2D eigenvalue weighted by molar-refractivity contribution is 0.0373. The normalized spacial score (nSPS) is 20.5. The van der Waals surface area contributed by atoms with Crippen molar-refractivity contribution in [1.29, 1.82) is 0 Å². The number of hydrogen-bond acceptors (Lipinski definition) is 13. The Labute approximate surface area is 806 Å². The van der Waals surface area contributed by atoms with E-state index in [2.05, 4.69) is 266 Å². The molecule has 12 nitrogen and oxygen atoms in total. The summed E-state index contributed by atoms with van der Waals surface area (Å²) in [5.74, 6) is 20.8. The summed E-state index contributed by atoms with van der Waals surface area (Å²) in [7, 11) is 6.66. The molecule has 10 aliphatic rings. The van der Waals surface area contributed by atoms with Gasteiger partial charge in [0.2, 0.25) is 0 Å². The molecule has 4 aromatic rings. The number of pyridine rings is 3. The van der Waals surface area contributed by atoms with Crippen LogP contribution in [-0.4, -0.2) is 161 Å². The van der Waals surface area contributed by atoms with Gasteiger partial charge in [-0.2, -0.15) is 0 Å². The van der Waals surface area contributed by atoms with E-state index in [4.69, 9.17) is 14.2 Å². The van der Waals surface area contributed by atoms with Crippen LogP contribution in [0.3, 0.4) is 0 Å². The molecule has 0 aromatic carbocycles. The Balaban J connectivity index is -0.000000423. The Morgan fingerprint density at radius 3 is 0.984 bits per heavy atom. The molecule has 4 unspecified atom stereocenters. The number of ether oxygens (including phenoxy) is 3. The van der Waals surface area contributed by atoms with Gasteiger partial charge >= 0.3 is 0 Å². The van der Waals surface area contributed by atoms with Gasteiger partial charge in [0.25, 0.3) is 0 Å². The average Bonchev–Trinajstić information content (AvgIpc) is 1.67. The van der Waals surface area contributed by atoms with E-state index in [0.29, 0.717) is 23.7 Å². The van der Waals surface area contributed by atoms with E-state index in [1.54, 1.807) is 17.5 Å². The first-order chi connectivity index (χ1) is 58.4. The maximum atomic E-state index is 5.34. The Morgan fingerprint density at radius 1 is 0.305 bits per heavy atom. The second-order valence-corrected chi connectivity index (χ2v) is 43.8.